The molecule has 0 aromatic carbocycles. The van der Waals surface area contributed by atoms with Gasteiger partial charge < -0.3 is 5.73 Å². The average Bonchev–Trinajstić information content (AvgIpc) is 2.67. The topological polar surface area (TPSA) is 29.3 Å². The van der Waals surface area contributed by atoms with Crippen LogP contribution in [0.4, 0.5) is 0 Å². The predicted molar refractivity (Wildman–Crippen MR) is 49.0 cm³/mol. The summed E-state index contributed by atoms with van der Waals surface area (Å²) in [6.45, 7) is 3.27. The van der Waals surface area contributed by atoms with E-state index >= 15 is 0 Å². The fourth-order valence-corrected chi connectivity index (χ4v) is 2.15. The van der Waals surface area contributed by atoms with Crippen LogP contribution in [0.2, 0.25) is 0 Å². The number of nitrogens with zero attached hydrogens (tertiary/aromatic N) is 1. The average molecular weight is 177 g/mol. The molecule has 0 radical (unpaired) electrons. The molecule has 1 saturated heterocycles. The van der Waals surface area contributed by atoms with E-state index < -0.39 is 0 Å². The minimum atomic E-state index is 0. The number of halogens is 1. The van der Waals surface area contributed by atoms with Gasteiger partial charge in [-0.05, 0) is 31.7 Å². The van der Waals surface area contributed by atoms with Gasteiger partial charge in [-0.25, -0.2) is 0 Å². The van der Waals surface area contributed by atoms with Crippen molar-refractivity contribution in [2.45, 2.75) is 25.3 Å². The third kappa shape index (κ3) is 1.86. The van der Waals surface area contributed by atoms with Gasteiger partial charge in [0, 0.05) is 19.1 Å². The van der Waals surface area contributed by atoms with Gasteiger partial charge >= 0.3 is 0 Å². The Morgan fingerprint density at radius 1 is 1.45 bits per heavy atom. The van der Waals surface area contributed by atoms with Crippen LogP contribution >= 0.6 is 12.4 Å². The zero-order valence-electron chi connectivity index (χ0n) is 6.83. The lowest BCUT2D eigenvalue weighted by Crippen LogP contribution is -2.35. The molecular weight excluding hydrogens is 160 g/mol. The Kier molecular flexibility index (Phi) is 3.16. The molecule has 2 N–H and O–H groups in total. The monoisotopic (exact) mass is 176 g/mol. The van der Waals surface area contributed by atoms with Gasteiger partial charge in [0.1, 0.15) is 0 Å². The van der Waals surface area contributed by atoms with Crippen molar-refractivity contribution in [1.29, 1.82) is 0 Å². The van der Waals surface area contributed by atoms with Crippen molar-refractivity contribution >= 4 is 12.4 Å². The first kappa shape index (κ1) is 9.30. The second kappa shape index (κ2) is 3.74. The molecule has 2 rings (SSSR count). The highest BCUT2D eigenvalue weighted by Gasteiger charge is 2.43. The summed E-state index contributed by atoms with van der Waals surface area (Å²) >= 11 is 0. The molecule has 0 aromatic rings. The zero-order chi connectivity index (χ0) is 6.97. The van der Waals surface area contributed by atoms with Gasteiger partial charge in [0.2, 0.25) is 0 Å². The molecule has 2 nitrogen and oxygen atoms in total. The lowest BCUT2D eigenvalue weighted by Gasteiger charge is -2.25. The van der Waals surface area contributed by atoms with E-state index in [0.717, 1.165) is 25.0 Å². The highest BCUT2D eigenvalue weighted by molar-refractivity contribution is 5.85. The number of hydrogen-bond donors (Lipinski definition) is 1. The van der Waals surface area contributed by atoms with E-state index in [1.165, 1.54) is 25.8 Å². The minimum absolute atomic E-state index is 0. The summed E-state index contributed by atoms with van der Waals surface area (Å²) in [4.78, 5) is 2.56. The van der Waals surface area contributed by atoms with Gasteiger partial charge in [-0.3, -0.25) is 4.90 Å². The van der Waals surface area contributed by atoms with Crippen LogP contribution in [0.25, 0.3) is 0 Å². The normalized spacial score (nSPS) is 35.7. The molecule has 0 spiro atoms. The van der Waals surface area contributed by atoms with E-state index in [4.69, 9.17) is 5.73 Å². The van der Waals surface area contributed by atoms with Crippen LogP contribution < -0.4 is 5.73 Å². The maximum Gasteiger partial charge on any atom is 0.0128 e. The lowest BCUT2D eigenvalue weighted by molar-refractivity contribution is 0.221. The third-order valence-corrected chi connectivity index (χ3v) is 2.79. The maximum atomic E-state index is 5.50. The Balaban J connectivity index is 0.000000605. The van der Waals surface area contributed by atoms with Crippen LogP contribution in [0.3, 0.4) is 0 Å². The number of likely N-dealkylation sites (tertiary alicyclic amines) is 1. The van der Waals surface area contributed by atoms with Crippen LogP contribution in [0, 0.1) is 5.92 Å². The maximum absolute atomic E-state index is 5.50. The second-order valence-electron chi connectivity index (χ2n) is 3.53. The van der Waals surface area contributed by atoms with Crippen molar-refractivity contribution in [1.82, 2.24) is 4.90 Å². The highest BCUT2D eigenvalue weighted by Crippen LogP contribution is 2.42. The molecule has 2 unspecified atom stereocenters. The molecule has 1 aliphatic carbocycles. The van der Waals surface area contributed by atoms with Crippen LogP contribution in [0.5, 0.6) is 0 Å². The van der Waals surface area contributed by atoms with Gasteiger partial charge in [0.05, 0.1) is 0 Å². The Bertz CT molecular complexity index is 127. The number of nitrogens with two attached hydrogens (primary N) is 1. The van der Waals surface area contributed by atoms with Crippen molar-refractivity contribution in [3.05, 3.63) is 0 Å². The van der Waals surface area contributed by atoms with Crippen molar-refractivity contribution in [2.24, 2.45) is 11.7 Å². The molecule has 0 amide bonds. The number of piperidine rings is 1. The molecule has 0 bridgehead atoms. The summed E-state index contributed by atoms with van der Waals surface area (Å²) < 4.78 is 0. The molecule has 3 heteroatoms. The van der Waals surface area contributed by atoms with E-state index in [1.807, 2.05) is 0 Å². The van der Waals surface area contributed by atoms with Crippen LogP contribution in [0.1, 0.15) is 19.3 Å². The van der Waals surface area contributed by atoms with E-state index in [9.17, 15) is 0 Å². The SMILES string of the molecule is Cl.NCCN1CCCC2CC21. The van der Waals surface area contributed by atoms with Gasteiger partial charge in [-0.2, -0.15) is 0 Å². The first-order chi connectivity index (χ1) is 4.92. The van der Waals surface area contributed by atoms with E-state index in [1.54, 1.807) is 0 Å². The number of hydrogen-bond acceptors (Lipinski definition) is 2. The quantitative estimate of drug-likeness (QED) is 0.676. The molecule has 2 atom stereocenters. The highest BCUT2D eigenvalue weighted by atomic mass is 35.5. The van der Waals surface area contributed by atoms with Crippen LogP contribution in [-0.4, -0.2) is 30.6 Å². The first-order valence-corrected chi connectivity index (χ1v) is 4.36. The molecule has 66 valence electrons. The third-order valence-electron chi connectivity index (χ3n) is 2.79. The lowest BCUT2D eigenvalue weighted by atomic mass is 10.1. The summed E-state index contributed by atoms with van der Waals surface area (Å²) in [5.41, 5.74) is 5.50. The van der Waals surface area contributed by atoms with E-state index in [-0.39, 0.29) is 12.4 Å². The summed E-state index contributed by atoms with van der Waals surface area (Å²) in [6.07, 6.45) is 4.34. The molecule has 2 fully saturated rings. The smallest absolute Gasteiger partial charge is 0.0128 e. The predicted octanol–water partition coefficient (Wildman–Crippen LogP) is 0.851. The van der Waals surface area contributed by atoms with Crippen molar-refractivity contribution in [3.8, 4) is 0 Å². The van der Waals surface area contributed by atoms with Gasteiger partial charge in [0.25, 0.3) is 0 Å². The van der Waals surface area contributed by atoms with Crippen molar-refractivity contribution < 1.29 is 0 Å². The largest absolute Gasteiger partial charge is 0.329 e. The van der Waals surface area contributed by atoms with Gasteiger partial charge in [-0.1, -0.05) is 0 Å². The molecule has 0 aromatic heterocycles. The Hall–Kier alpha value is 0.210. The van der Waals surface area contributed by atoms with Gasteiger partial charge in [0.15, 0.2) is 0 Å². The van der Waals surface area contributed by atoms with Crippen molar-refractivity contribution in [2.75, 3.05) is 19.6 Å². The summed E-state index contributed by atoms with van der Waals surface area (Å²) in [5, 5.41) is 0. The zero-order valence-corrected chi connectivity index (χ0v) is 7.65. The molecule has 2 aliphatic rings. The second-order valence-corrected chi connectivity index (χ2v) is 3.53. The first-order valence-electron chi connectivity index (χ1n) is 4.36. The standard InChI is InChI=1S/C8H16N2.ClH/c9-3-5-10-4-1-2-7-6-8(7)10;/h7-8H,1-6,9H2;1H. The van der Waals surface area contributed by atoms with Crippen LogP contribution in [-0.2, 0) is 0 Å². The van der Waals surface area contributed by atoms with Gasteiger partial charge in [-0.15, -0.1) is 12.4 Å². The van der Waals surface area contributed by atoms with Crippen LogP contribution in [0.15, 0.2) is 0 Å². The minimum Gasteiger partial charge on any atom is -0.329 e. The summed E-state index contributed by atoms with van der Waals surface area (Å²) in [7, 11) is 0. The van der Waals surface area contributed by atoms with E-state index in [2.05, 4.69) is 4.90 Å². The molecule has 1 aliphatic heterocycles. The fraction of sp³-hybridized carbons (Fsp3) is 1.00. The Morgan fingerprint density at radius 2 is 2.27 bits per heavy atom. The molecule has 1 saturated carbocycles. The molecule has 1 heterocycles. The molecular formula is C8H17ClN2. The van der Waals surface area contributed by atoms with E-state index in [0.29, 0.717) is 0 Å². The summed E-state index contributed by atoms with van der Waals surface area (Å²) in [5.74, 6) is 1.06. The Morgan fingerprint density at radius 3 is 3.00 bits per heavy atom. The number of rotatable bonds is 2. The number of fused-ring (bicyclic) bond motifs is 1. The Labute approximate surface area is 74.5 Å². The summed E-state index contributed by atoms with van der Waals surface area (Å²) in [6, 6.07) is 0.942. The molecule has 11 heavy (non-hydrogen) atoms. The fourth-order valence-electron chi connectivity index (χ4n) is 2.15. The van der Waals surface area contributed by atoms with Crippen molar-refractivity contribution in [3.63, 3.8) is 0 Å².